The van der Waals surface area contributed by atoms with Gasteiger partial charge in [-0.05, 0) is 11.1 Å². The van der Waals surface area contributed by atoms with E-state index >= 15 is 0 Å². The van der Waals surface area contributed by atoms with Crippen molar-refractivity contribution in [1.29, 1.82) is 0 Å². The van der Waals surface area contributed by atoms with Crippen molar-refractivity contribution >= 4 is 0 Å². The number of terminal acetylenes is 1. The van der Waals surface area contributed by atoms with Crippen molar-refractivity contribution in [2.45, 2.75) is 18.4 Å². The molecular weight excluding hydrogens is 218 g/mol. The van der Waals surface area contributed by atoms with Gasteiger partial charge in [-0.15, -0.1) is 12.3 Å². The molecule has 1 heteroatoms. The molecule has 0 spiro atoms. The van der Waals surface area contributed by atoms with Crippen molar-refractivity contribution in [3.63, 3.8) is 0 Å². The summed E-state index contributed by atoms with van der Waals surface area (Å²) in [5, 5.41) is 0. The van der Waals surface area contributed by atoms with Crippen molar-refractivity contribution in [2.75, 3.05) is 0 Å². The van der Waals surface area contributed by atoms with Crippen molar-refractivity contribution < 1.29 is 0 Å². The van der Waals surface area contributed by atoms with Crippen LogP contribution in [-0.4, -0.2) is 0 Å². The molecule has 0 fully saturated rings. The van der Waals surface area contributed by atoms with Gasteiger partial charge in [0, 0.05) is 18.4 Å². The molecule has 2 rings (SSSR count). The lowest BCUT2D eigenvalue weighted by Crippen LogP contribution is -2.19. The Kier molecular flexibility index (Phi) is 4.17. The summed E-state index contributed by atoms with van der Waals surface area (Å²) >= 11 is 0. The van der Waals surface area contributed by atoms with Gasteiger partial charge in [0.25, 0.3) is 0 Å². The van der Waals surface area contributed by atoms with Gasteiger partial charge in [0.1, 0.15) is 0 Å². The molecule has 18 heavy (non-hydrogen) atoms. The van der Waals surface area contributed by atoms with Crippen molar-refractivity contribution in [3.05, 3.63) is 71.8 Å². The fourth-order valence-corrected chi connectivity index (χ4v) is 2.19. The number of nitrogens with two attached hydrogens (primary N) is 1. The first kappa shape index (κ1) is 12.4. The molecule has 0 aliphatic carbocycles. The first-order valence-corrected chi connectivity index (χ1v) is 6.12. The van der Waals surface area contributed by atoms with Gasteiger partial charge in [-0.2, -0.15) is 0 Å². The summed E-state index contributed by atoms with van der Waals surface area (Å²) in [6, 6.07) is 20.3. The van der Waals surface area contributed by atoms with E-state index in [1.165, 1.54) is 5.56 Å². The summed E-state index contributed by atoms with van der Waals surface area (Å²) in [5.74, 6) is 2.90. The topological polar surface area (TPSA) is 26.0 Å². The van der Waals surface area contributed by atoms with Crippen molar-refractivity contribution in [3.8, 4) is 12.3 Å². The molecule has 2 aromatic rings. The van der Waals surface area contributed by atoms with Gasteiger partial charge in [0.2, 0.25) is 0 Å². The van der Waals surface area contributed by atoms with Crippen LogP contribution >= 0.6 is 0 Å². The molecule has 0 aliphatic heterocycles. The van der Waals surface area contributed by atoms with Crippen LogP contribution in [0.2, 0.25) is 0 Å². The molecule has 0 bridgehead atoms. The van der Waals surface area contributed by atoms with Crippen LogP contribution in [0, 0.1) is 12.3 Å². The number of hydrogen-bond donors (Lipinski definition) is 1. The quantitative estimate of drug-likeness (QED) is 0.806. The highest BCUT2D eigenvalue weighted by atomic mass is 14.7. The van der Waals surface area contributed by atoms with Gasteiger partial charge in [0.05, 0.1) is 0 Å². The number of hydrogen-bond acceptors (Lipinski definition) is 1. The summed E-state index contributed by atoms with van der Waals surface area (Å²) in [6.45, 7) is 0. The minimum absolute atomic E-state index is 0.0651. The third kappa shape index (κ3) is 2.80. The molecule has 90 valence electrons. The molecular formula is C17H17N. The zero-order chi connectivity index (χ0) is 12.8. The number of rotatable bonds is 4. The zero-order valence-corrected chi connectivity index (χ0v) is 10.3. The summed E-state index contributed by atoms with van der Waals surface area (Å²) in [4.78, 5) is 0. The minimum atomic E-state index is -0.0651. The Bertz CT molecular complexity index is 510. The molecule has 0 amide bonds. The zero-order valence-electron chi connectivity index (χ0n) is 10.3. The van der Waals surface area contributed by atoms with Gasteiger partial charge < -0.3 is 5.73 Å². The first-order valence-electron chi connectivity index (χ1n) is 6.12. The molecule has 0 saturated heterocycles. The largest absolute Gasteiger partial charge is 0.323 e. The van der Waals surface area contributed by atoms with E-state index in [9.17, 15) is 0 Å². The molecule has 2 unspecified atom stereocenters. The van der Waals surface area contributed by atoms with E-state index in [0.717, 1.165) is 5.56 Å². The van der Waals surface area contributed by atoms with E-state index in [0.29, 0.717) is 6.42 Å². The molecule has 0 radical (unpaired) electrons. The Morgan fingerprint density at radius 1 is 0.889 bits per heavy atom. The SMILES string of the molecule is C#CCC(c1ccccc1)C(N)c1ccccc1. The monoisotopic (exact) mass is 235 g/mol. The Labute approximate surface area is 109 Å². The van der Waals surface area contributed by atoms with Gasteiger partial charge in [-0.1, -0.05) is 60.7 Å². The summed E-state index contributed by atoms with van der Waals surface area (Å²) in [5.41, 5.74) is 8.69. The van der Waals surface area contributed by atoms with Crippen molar-refractivity contribution in [2.24, 2.45) is 5.73 Å². The summed E-state index contributed by atoms with van der Waals surface area (Å²) < 4.78 is 0. The molecule has 0 saturated carbocycles. The third-order valence-electron chi connectivity index (χ3n) is 3.18. The maximum Gasteiger partial charge on any atom is 0.0373 e. The van der Waals surface area contributed by atoms with Crippen LogP contribution in [-0.2, 0) is 0 Å². The Morgan fingerprint density at radius 3 is 1.89 bits per heavy atom. The normalized spacial score (nSPS) is 13.6. The molecule has 0 aliphatic rings. The predicted octanol–water partition coefficient (Wildman–Crippen LogP) is 3.49. The fourth-order valence-electron chi connectivity index (χ4n) is 2.19. The lowest BCUT2D eigenvalue weighted by Gasteiger charge is -2.23. The van der Waals surface area contributed by atoms with Gasteiger partial charge in [-0.25, -0.2) is 0 Å². The second-order valence-electron chi connectivity index (χ2n) is 4.36. The Morgan fingerprint density at radius 2 is 1.39 bits per heavy atom. The maximum atomic E-state index is 6.36. The standard InChI is InChI=1S/C17H17N/c1-2-9-16(14-10-5-3-6-11-14)17(18)15-12-7-4-8-13-15/h1,3-8,10-13,16-17H,9,18H2. The third-order valence-corrected chi connectivity index (χ3v) is 3.18. The van der Waals surface area contributed by atoms with E-state index in [1.807, 2.05) is 36.4 Å². The molecule has 1 nitrogen and oxygen atoms in total. The average Bonchev–Trinajstić information content (AvgIpc) is 2.46. The molecule has 2 aromatic carbocycles. The molecule has 0 aromatic heterocycles. The van der Waals surface area contributed by atoms with Crippen LogP contribution in [0.5, 0.6) is 0 Å². The highest BCUT2D eigenvalue weighted by Gasteiger charge is 2.20. The van der Waals surface area contributed by atoms with Gasteiger partial charge in [-0.3, -0.25) is 0 Å². The van der Waals surface area contributed by atoms with Crippen LogP contribution in [0.3, 0.4) is 0 Å². The lowest BCUT2D eigenvalue weighted by molar-refractivity contribution is 0.566. The second kappa shape index (κ2) is 6.05. The van der Waals surface area contributed by atoms with Crippen LogP contribution in [0.4, 0.5) is 0 Å². The summed E-state index contributed by atoms with van der Waals surface area (Å²) in [7, 11) is 0. The van der Waals surface area contributed by atoms with E-state index in [4.69, 9.17) is 12.2 Å². The highest BCUT2D eigenvalue weighted by molar-refractivity contribution is 5.28. The van der Waals surface area contributed by atoms with Crippen molar-refractivity contribution in [1.82, 2.24) is 0 Å². The average molecular weight is 235 g/mol. The van der Waals surface area contributed by atoms with Crippen LogP contribution in [0.1, 0.15) is 29.5 Å². The van der Waals surface area contributed by atoms with E-state index in [-0.39, 0.29) is 12.0 Å². The van der Waals surface area contributed by atoms with Crippen LogP contribution < -0.4 is 5.73 Å². The van der Waals surface area contributed by atoms with Crippen LogP contribution in [0.25, 0.3) is 0 Å². The highest BCUT2D eigenvalue weighted by Crippen LogP contribution is 2.31. The lowest BCUT2D eigenvalue weighted by atomic mass is 9.85. The van der Waals surface area contributed by atoms with Gasteiger partial charge in [0.15, 0.2) is 0 Å². The Balaban J connectivity index is 2.29. The molecule has 0 heterocycles. The fraction of sp³-hybridized carbons (Fsp3) is 0.176. The first-order chi connectivity index (χ1) is 8.83. The smallest absolute Gasteiger partial charge is 0.0373 e. The Hall–Kier alpha value is -2.04. The van der Waals surface area contributed by atoms with Gasteiger partial charge >= 0.3 is 0 Å². The summed E-state index contributed by atoms with van der Waals surface area (Å²) in [6.07, 6.45) is 6.13. The maximum absolute atomic E-state index is 6.36. The predicted molar refractivity (Wildman–Crippen MR) is 76.0 cm³/mol. The second-order valence-corrected chi connectivity index (χ2v) is 4.36. The minimum Gasteiger partial charge on any atom is -0.323 e. The number of benzene rings is 2. The molecule has 2 atom stereocenters. The molecule has 2 N–H and O–H groups in total. The van der Waals surface area contributed by atoms with Crippen LogP contribution in [0.15, 0.2) is 60.7 Å². The van der Waals surface area contributed by atoms with E-state index in [1.54, 1.807) is 0 Å². The van der Waals surface area contributed by atoms with E-state index < -0.39 is 0 Å². The van der Waals surface area contributed by atoms with E-state index in [2.05, 4.69) is 30.2 Å².